The lowest BCUT2D eigenvalue weighted by Gasteiger charge is -2.29. The number of rotatable bonds is 7. The predicted octanol–water partition coefficient (Wildman–Crippen LogP) is 4.23. The number of carbonyl (C=O) groups excluding carboxylic acids is 1. The fourth-order valence-electron chi connectivity index (χ4n) is 3.65. The molecule has 5 heteroatoms. The third kappa shape index (κ3) is 5.83. The molecule has 1 fully saturated rings. The number of sulfone groups is 1. The molecule has 0 atom stereocenters. The first kappa shape index (κ1) is 20.9. The van der Waals surface area contributed by atoms with Crippen LogP contribution in [0.3, 0.4) is 0 Å². The van der Waals surface area contributed by atoms with Crippen molar-refractivity contribution >= 4 is 21.4 Å². The van der Waals surface area contributed by atoms with Crippen LogP contribution < -0.4 is 4.90 Å². The fraction of sp³-hybridized carbons (Fsp3) is 0.667. The molecule has 0 heterocycles. The molecular weight excluding hydrogens is 346 g/mol. The van der Waals surface area contributed by atoms with Gasteiger partial charge < -0.3 is 4.90 Å². The van der Waals surface area contributed by atoms with Crippen LogP contribution in [0.5, 0.6) is 0 Å². The molecule has 146 valence electrons. The lowest BCUT2D eigenvalue weighted by Crippen LogP contribution is -2.26. The van der Waals surface area contributed by atoms with Gasteiger partial charge in [0.15, 0.2) is 9.84 Å². The maximum Gasteiger partial charge on any atom is 0.223 e. The largest absolute Gasteiger partial charge is 0.316 e. The van der Waals surface area contributed by atoms with Gasteiger partial charge in [0.1, 0.15) is 0 Å². The SMILES string of the molecule is CC(=O)N(C)c1ccc(CCC2CCC(CS(=O)(=O)C(C)C)CC2)cc1. The summed E-state index contributed by atoms with van der Waals surface area (Å²) in [5, 5.41) is -0.259. The molecule has 0 radical (unpaired) electrons. The molecule has 4 nitrogen and oxygen atoms in total. The van der Waals surface area contributed by atoms with E-state index in [2.05, 4.69) is 12.1 Å². The Balaban J connectivity index is 1.77. The Bertz CT molecular complexity index is 686. The molecule has 2 rings (SSSR count). The van der Waals surface area contributed by atoms with Crippen LogP contribution in [0.25, 0.3) is 0 Å². The first-order valence-electron chi connectivity index (χ1n) is 9.74. The molecule has 0 bridgehead atoms. The third-order valence-corrected chi connectivity index (χ3v) is 8.16. The smallest absolute Gasteiger partial charge is 0.223 e. The Hall–Kier alpha value is -1.36. The zero-order valence-electron chi connectivity index (χ0n) is 16.6. The van der Waals surface area contributed by atoms with Crippen molar-refractivity contribution in [3.05, 3.63) is 29.8 Å². The summed E-state index contributed by atoms with van der Waals surface area (Å²) < 4.78 is 24.2. The van der Waals surface area contributed by atoms with E-state index in [0.29, 0.717) is 17.6 Å². The maximum atomic E-state index is 12.1. The molecule has 0 spiro atoms. The molecule has 0 aromatic heterocycles. The topological polar surface area (TPSA) is 54.5 Å². The average molecular weight is 380 g/mol. The average Bonchev–Trinajstić information content (AvgIpc) is 2.60. The summed E-state index contributed by atoms with van der Waals surface area (Å²) in [6.45, 7) is 5.12. The van der Waals surface area contributed by atoms with E-state index in [1.54, 1.807) is 32.7 Å². The van der Waals surface area contributed by atoms with E-state index in [1.165, 1.54) is 5.56 Å². The minimum atomic E-state index is -2.92. The second kappa shape index (κ2) is 9.03. The number of anilines is 1. The van der Waals surface area contributed by atoms with E-state index < -0.39 is 9.84 Å². The summed E-state index contributed by atoms with van der Waals surface area (Å²) in [4.78, 5) is 13.0. The van der Waals surface area contributed by atoms with Crippen molar-refractivity contribution in [1.29, 1.82) is 0 Å². The van der Waals surface area contributed by atoms with Gasteiger partial charge in [0.2, 0.25) is 5.91 Å². The molecule has 0 aliphatic heterocycles. The second-order valence-corrected chi connectivity index (χ2v) is 10.7. The first-order valence-corrected chi connectivity index (χ1v) is 11.5. The highest BCUT2D eigenvalue weighted by atomic mass is 32.2. The Morgan fingerprint density at radius 3 is 2.12 bits per heavy atom. The van der Waals surface area contributed by atoms with Gasteiger partial charge in [-0.05, 0) is 69.1 Å². The van der Waals surface area contributed by atoms with E-state index in [4.69, 9.17) is 0 Å². The van der Waals surface area contributed by atoms with Gasteiger partial charge in [-0.25, -0.2) is 8.42 Å². The summed E-state index contributed by atoms with van der Waals surface area (Å²) in [5.41, 5.74) is 2.23. The Morgan fingerprint density at radius 1 is 1.08 bits per heavy atom. The van der Waals surface area contributed by atoms with Crippen molar-refractivity contribution in [3.8, 4) is 0 Å². The van der Waals surface area contributed by atoms with E-state index >= 15 is 0 Å². The molecule has 1 aromatic carbocycles. The van der Waals surface area contributed by atoms with Crippen LogP contribution in [0.1, 0.15) is 58.4 Å². The van der Waals surface area contributed by atoms with Gasteiger partial charge in [-0.15, -0.1) is 0 Å². The quantitative estimate of drug-likeness (QED) is 0.712. The van der Waals surface area contributed by atoms with Crippen LogP contribution in [0, 0.1) is 11.8 Å². The highest BCUT2D eigenvalue weighted by molar-refractivity contribution is 7.91. The lowest BCUT2D eigenvalue weighted by atomic mass is 9.80. The zero-order valence-corrected chi connectivity index (χ0v) is 17.4. The lowest BCUT2D eigenvalue weighted by molar-refractivity contribution is -0.116. The van der Waals surface area contributed by atoms with Crippen molar-refractivity contribution in [3.63, 3.8) is 0 Å². The number of nitrogens with zero attached hydrogens (tertiary/aromatic N) is 1. The number of benzene rings is 1. The zero-order chi connectivity index (χ0) is 19.3. The van der Waals surface area contributed by atoms with E-state index in [0.717, 1.165) is 44.2 Å². The van der Waals surface area contributed by atoms with Crippen molar-refractivity contribution in [2.75, 3.05) is 17.7 Å². The summed E-state index contributed by atoms with van der Waals surface area (Å²) >= 11 is 0. The van der Waals surface area contributed by atoms with Crippen LogP contribution in [0.15, 0.2) is 24.3 Å². The molecule has 26 heavy (non-hydrogen) atoms. The predicted molar refractivity (Wildman–Crippen MR) is 108 cm³/mol. The standard InChI is InChI=1S/C21H33NO3S/c1-16(2)26(24,25)15-20-9-7-18(8-10-20)5-6-19-11-13-21(14-12-19)22(4)17(3)23/h11-14,16,18,20H,5-10,15H2,1-4H3. The van der Waals surface area contributed by atoms with Crippen LogP contribution in [-0.4, -0.2) is 32.4 Å². The Labute approximate surface area is 158 Å². The summed E-state index contributed by atoms with van der Waals surface area (Å²) in [6.07, 6.45) is 6.57. The number of amides is 1. The molecule has 1 aliphatic rings. The summed E-state index contributed by atoms with van der Waals surface area (Å²) in [5.74, 6) is 1.45. The number of hydrogen-bond donors (Lipinski definition) is 0. The normalized spacial score (nSPS) is 21.0. The van der Waals surface area contributed by atoms with Gasteiger partial charge in [0.25, 0.3) is 0 Å². The van der Waals surface area contributed by atoms with Crippen molar-refractivity contribution in [1.82, 2.24) is 0 Å². The third-order valence-electron chi connectivity index (χ3n) is 5.79. The maximum absolute atomic E-state index is 12.1. The minimum absolute atomic E-state index is 0.0361. The summed E-state index contributed by atoms with van der Waals surface area (Å²) in [6, 6.07) is 8.22. The van der Waals surface area contributed by atoms with Gasteiger partial charge in [-0.2, -0.15) is 0 Å². The molecule has 0 unspecified atom stereocenters. The van der Waals surface area contributed by atoms with Crippen LogP contribution >= 0.6 is 0 Å². The van der Waals surface area contributed by atoms with Crippen LogP contribution in [0.4, 0.5) is 5.69 Å². The first-order chi connectivity index (χ1) is 12.2. The molecule has 0 N–H and O–H groups in total. The van der Waals surface area contributed by atoms with E-state index in [9.17, 15) is 13.2 Å². The van der Waals surface area contributed by atoms with Gasteiger partial charge >= 0.3 is 0 Å². The Morgan fingerprint density at radius 2 is 1.62 bits per heavy atom. The number of carbonyl (C=O) groups is 1. The molecule has 1 aliphatic carbocycles. The molecule has 1 aromatic rings. The molecule has 1 saturated carbocycles. The van der Waals surface area contributed by atoms with Gasteiger partial charge in [-0.1, -0.05) is 25.0 Å². The van der Waals surface area contributed by atoms with Gasteiger partial charge in [0, 0.05) is 19.7 Å². The minimum Gasteiger partial charge on any atom is -0.316 e. The van der Waals surface area contributed by atoms with Crippen molar-refractivity contribution in [2.24, 2.45) is 11.8 Å². The number of aryl methyl sites for hydroxylation is 1. The fourth-order valence-corrected chi connectivity index (χ4v) is 5.02. The van der Waals surface area contributed by atoms with Crippen molar-refractivity contribution in [2.45, 2.75) is 64.5 Å². The van der Waals surface area contributed by atoms with Gasteiger partial charge in [0.05, 0.1) is 11.0 Å². The second-order valence-electron chi connectivity index (χ2n) is 8.05. The van der Waals surface area contributed by atoms with E-state index in [1.807, 2.05) is 12.1 Å². The highest BCUT2D eigenvalue weighted by Crippen LogP contribution is 2.33. The van der Waals surface area contributed by atoms with Crippen molar-refractivity contribution < 1.29 is 13.2 Å². The Kier molecular flexibility index (Phi) is 7.27. The summed E-state index contributed by atoms with van der Waals surface area (Å²) in [7, 11) is -1.13. The van der Waals surface area contributed by atoms with E-state index in [-0.39, 0.29) is 11.2 Å². The molecule has 0 saturated heterocycles. The molecular formula is C21H33NO3S. The molecule has 1 amide bonds. The monoisotopic (exact) mass is 379 g/mol. The van der Waals surface area contributed by atoms with Crippen LogP contribution in [0.2, 0.25) is 0 Å². The number of hydrogen-bond acceptors (Lipinski definition) is 3. The van der Waals surface area contributed by atoms with Gasteiger partial charge in [-0.3, -0.25) is 4.79 Å². The van der Waals surface area contributed by atoms with Crippen LogP contribution in [-0.2, 0) is 21.1 Å². The highest BCUT2D eigenvalue weighted by Gasteiger charge is 2.27.